The molecular formula is C14H16N4O3. The van der Waals surface area contributed by atoms with Crippen LogP contribution in [0.2, 0.25) is 0 Å². The van der Waals surface area contributed by atoms with Crippen LogP contribution in [0.4, 0.5) is 0 Å². The van der Waals surface area contributed by atoms with Crippen LogP contribution in [0.1, 0.15) is 22.1 Å². The minimum atomic E-state index is 0.0443. The van der Waals surface area contributed by atoms with Gasteiger partial charge in [-0.05, 0) is 6.07 Å². The van der Waals surface area contributed by atoms with Gasteiger partial charge < -0.3 is 14.8 Å². The molecule has 0 bridgehead atoms. The number of fused-ring (bicyclic) bond motifs is 1. The molecule has 7 heteroatoms. The molecule has 3 rings (SSSR count). The molecule has 0 saturated carbocycles. The normalized spacial score (nSPS) is 17.1. The van der Waals surface area contributed by atoms with Crippen molar-refractivity contribution in [3.05, 3.63) is 35.8 Å². The number of nitrogens with zero attached hydrogens (tertiary/aromatic N) is 3. The van der Waals surface area contributed by atoms with Gasteiger partial charge in [0.25, 0.3) is 0 Å². The first-order chi connectivity index (χ1) is 10.3. The zero-order valence-corrected chi connectivity index (χ0v) is 11.7. The fraction of sp³-hybridized carbons (Fsp3) is 0.357. The first-order valence-electron chi connectivity index (χ1n) is 6.69. The van der Waals surface area contributed by atoms with Crippen LogP contribution < -0.4 is 14.8 Å². The molecule has 0 spiro atoms. The van der Waals surface area contributed by atoms with E-state index in [0.29, 0.717) is 23.8 Å². The summed E-state index contributed by atoms with van der Waals surface area (Å²) in [5.74, 6) is 0.836. The van der Waals surface area contributed by atoms with Gasteiger partial charge in [-0.15, -0.1) is 0 Å². The predicted octanol–water partition coefficient (Wildman–Crippen LogP) is 0.822. The van der Waals surface area contributed by atoms with Crippen LogP contribution in [0, 0.1) is 0 Å². The molecule has 0 aromatic carbocycles. The number of nitrogens with one attached hydrogen (secondary N) is 1. The number of methoxy groups -OCH3 is 1. The van der Waals surface area contributed by atoms with Crippen LogP contribution >= 0.6 is 0 Å². The molecule has 110 valence electrons. The van der Waals surface area contributed by atoms with E-state index in [2.05, 4.69) is 15.4 Å². The lowest BCUT2D eigenvalue weighted by Crippen LogP contribution is -2.36. The molecule has 0 radical (unpaired) electrons. The molecule has 1 atom stereocenters. The highest BCUT2D eigenvalue weighted by Gasteiger charge is 2.21. The minimum Gasteiger partial charge on any atom is -0.489 e. The average molecular weight is 288 g/mol. The van der Waals surface area contributed by atoms with E-state index >= 15 is 0 Å². The molecule has 1 aliphatic rings. The number of carbonyl (C=O) groups is 1. The van der Waals surface area contributed by atoms with Gasteiger partial charge in [0, 0.05) is 18.8 Å². The van der Waals surface area contributed by atoms with Crippen molar-refractivity contribution in [2.45, 2.75) is 12.6 Å². The van der Waals surface area contributed by atoms with Crippen molar-refractivity contribution in [1.82, 2.24) is 20.1 Å². The molecule has 0 amide bonds. The number of aromatic nitrogens is 3. The van der Waals surface area contributed by atoms with Crippen LogP contribution in [-0.4, -0.2) is 41.3 Å². The summed E-state index contributed by atoms with van der Waals surface area (Å²) >= 11 is 0. The highest BCUT2D eigenvalue weighted by atomic mass is 16.5. The molecule has 0 fully saturated rings. The summed E-state index contributed by atoms with van der Waals surface area (Å²) in [6.07, 6.45) is 4.02. The first-order valence-corrected chi connectivity index (χ1v) is 6.69. The number of hydrogen-bond donors (Lipinski definition) is 1. The average Bonchev–Trinajstić information content (AvgIpc) is 3.01. The third kappa shape index (κ3) is 2.73. The largest absolute Gasteiger partial charge is 0.489 e. The summed E-state index contributed by atoms with van der Waals surface area (Å²) in [5.41, 5.74) is 1.50. The maximum atomic E-state index is 11.1. The van der Waals surface area contributed by atoms with Gasteiger partial charge in [0.1, 0.15) is 12.4 Å². The highest BCUT2D eigenvalue weighted by molar-refractivity contribution is 5.79. The van der Waals surface area contributed by atoms with Gasteiger partial charge in [-0.1, -0.05) is 0 Å². The van der Waals surface area contributed by atoms with Crippen LogP contribution in [0.15, 0.2) is 24.5 Å². The van der Waals surface area contributed by atoms with E-state index in [1.807, 2.05) is 10.7 Å². The fourth-order valence-electron chi connectivity index (χ4n) is 2.35. The number of pyridine rings is 1. The predicted molar refractivity (Wildman–Crippen MR) is 74.6 cm³/mol. The Morgan fingerprint density at radius 3 is 3.29 bits per heavy atom. The van der Waals surface area contributed by atoms with Crippen molar-refractivity contribution < 1.29 is 14.3 Å². The van der Waals surface area contributed by atoms with E-state index in [1.54, 1.807) is 12.3 Å². The Hall–Kier alpha value is -2.41. The van der Waals surface area contributed by atoms with E-state index in [4.69, 9.17) is 9.47 Å². The summed E-state index contributed by atoms with van der Waals surface area (Å²) < 4.78 is 12.7. The number of hydrogen-bond acceptors (Lipinski definition) is 6. The van der Waals surface area contributed by atoms with E-state index in [0.717, 1.165) is 25.1 Å². The van der Waals surface area contributed by atoms with Crippen LogP contribution in [0.5, 0.6) is 11.6 Å². The van der Waals surface area contributed by atoms with Crippen molar-refractivity contribution in [2.75, 3.05) is 20.3 Å². The maximum absolute atomic E-state index is 11.1. The third-order valence-corrected chi connectivity index (χ3v) is 3.43. The molecule has 3 heterocycles. The number of aldehydes is 1. The SMILES string of the molecule is COc1cc(C=O)c(OCC2NCCn3nccc32)cn1. The highest BCUT2D eigenvalue weighted by Crippen LogP contribution is 2.22. The van der Waals surface area contributed by atoms with Crippen molar-refractivity contribution in [2.24, 2.45) is 0 Å². The topological polar surface area (TPSA) is 78.3 Å². The van der Waals surface area contributed by atoms with Gasteiger partial charge in [0.2, 0.25) is 5.88 Å². The molecule has 1 unspecified atom stereocenters. The van der Waals surface area contributed by atoms with E-state index in [-0.39, 0.29) is 6.04 Å². The Labute approximate surface area is 121 Å². The molecule has 0 aliphatic carbocycles. The monoisotopic (exact) mass is 288 g/mol. The zero-order chi connectivity index (χ0) is 14.7. The summed E-state index contributed by atoms with van der Waals surface area (Å²) in [7, 11) is 1.50. The lowest BCUT2D eigenvalue weighted by atomic mass is 10.2. The third-order valence-electron chi connectivity index (χ3n) is 3.43. The fourth-order valence-corrected chi connectivity index (χ4v) is 2.35. The maximum Gasteiger partial charge on any atom is 0.213 e. The molecule has 7 nitrogen and oxygen atoms in total. The first kappa shape index (κ1) is 13.6. The van der Waals surface area contributed by atoms with Crippen molar-refractivity contribution in [3.8, 4) is 11.6 Å². The Kier molecular flexibility index (Phi) is 3.83. The van der Waals surface area contributed by atoms with E-state index in [1.165, 1.54) is 13.3 Å². The molecule has 1 N–H and O–H groups in total. The van der Waals surface area contributed by atoms with Crippen LogP contribution in [0.3, 0.4) is 0 Å². The van der Waals surface area contributed by atoms with Gasteiger partial charge in [-0.3, -0.25) is 9.48 Å². The van der Waals surface area contributed by atoms with Gasteiger partial charge in [0.15, 0.2) is 6.29 Å². The number of rotatable bonds is 5. The van der Waals surface area contributed by atoms with Gasteiger partial charge in [-0.25, -0.2) is 4.98 Å². The second-order valence-corrected chi connectivity index (χ2v) is 4.68. The van der Waals surface area contributed by atoms with Crippen LogP contribution in [0.25, 0.3) is 0 Å². The Morgan fingerprint density at radius 1 is 1.57 bits per heavy atom. The Morgan fingerprint density at radius 2 is 2.48 bits per heavy atom. The van der Waals surface area contributed by atoms with Gasteiger partial charge in [-0.2, -0.15) is 5.10 Å². The zero-order valence-electron chi connectivity index (χ0n) is 11.7. The van der Waals surface area contributed by atoms with E-state index < -0.39 is 0 Å². The molecule has 2 aromatic heterocycles. The van der Waals surface area contributed by atoms with Gasteiger partial charge in [0.05, 0.1) is 37.2 Å². The summed E-state index contributed by atoms with van der Waals surface area (Å²) in [4.78, 5) is 15.2. The molecular weight excluding hydrogens is 272 g/mol. The molecule has 0 saturated heterocycles. The standard InChI is InChI=1S/C14H16N4O3/c1-20-14-6-10(8-19)13(7-16-14)21-9-11-12-2-3-17-18(12)5-4-15-11/h2-3,6-8,11,15H,4-5,9H2,1H3. The van der Waals surface area contributed by atoms with Crippen molar-refractivity contribution in [1.29, 1.82) is 0 Å². The molecule has 1 aliphatic heterocycles. The quantitative estimate of drug-likeness (QED) is 0.821. The lowest BCUT2D eigenvalue weighted by Gasteiger charge is -2.25. The minimum absolute atomic E-state index is 0.0443. The summed E-state index contributed by atoms with van der Waals surface area (Å²) in [6.45, 7) is 2.09. The number of ether oxygens (including phenoxy) is 2. The smallest absolute Gasteiger partial charge is 0.213 e. The number of carbonyl (C=O) groups excluding carboxylic acids is 1. The Balaban J connectivity index is 1.73. The van der Waals surface area contributed by atoms with Crippen molar-refractivity contribution >= 4 is 6.29 Å². The summed E-state index contributed by atoms with van der Waals surface area (Å²) in [6, 6.07) is 3.57. The van der Waals surface area contributed by atoms with Crippen LogP contribution in [-0.2, 0) is 6.54 Å². The summed E-state index contributed by atoms with van der Waals surface area (Å²) in [5, 5.41) is 7.63. The lowest BCUT2D eigenvalue weighted by molar-refractivity contribution is 0.111. The molecule has 21 heavy (non-hydrogen) atoms. The van der Waals surface area contributed by atoms with Crippen molar-refractivity contribution in [3.63, 3.8) is 0 Å². The second kappa shape index (κ2) is 5.92. The Bertz CT molecular complexity index is 641. The van der Waals surface area contributed by atoms with Gasteiger partial charge >= 0.3 is 0 Å². The van der Waals surface area contributed by atoms with E-state index in [9.17, 15) is 4.79 Å². The second-order valence-electron chi connectivity index (χ2n) is 4.68. The molecule has 2 aromatic rings.